The van der Waals surface area contributed by atoms with Crippen LogP contribution in [0.5, 0.6) is 17.2 Å². The fourth-order valence-corrected chi connectivity index (χ4v) is 2.56. The molecule has 0 heterocycles. The van der Waals surface area contributed by atoms with Gasteiger partial charge in [-0.25, -0.2) is 4.79 Å². The second-order valence-corrected chi connectivity index (χ2v) is 5.18. The van der Waals surface area contributed by atoms with Gasteiger partial charge in [-0.3, -0.25) is 0 Å². The lowest BCUT2D eigenvalue weighted by Crippen LogP contribution is -2.02. The van der Waals surface area contributed by atoms with E-state index >= 15 is 0 Å². The third kappa shape index (κ3) is 3.79. The molecule has 0 atom stereocenters. The van der Waals surface area contributed by atoms with E-state index in [0.29, 0.717) is 22.8 Å². The predicted octanol–water partition coefficient (Wildman–Crippen LogP) is 3.28. The zero-order valence-electron chi connectivity index (χ0n) is 14.4. The number of hydrogen-bond donors (Lipinski definition) is 0. The number of aryl methyl sites for hydroxylation is 2. The van der Waals surface area contributed by atoms with Gasteiger partial charge in [0.15, 0.2) is 11.5 Å². The van der Waals surface area contributed by atoms with Crippen molar-refractivity contribution in [2.75, 3.05) is 28.4 Å². The molecule has 0 fully saturated rings. The summed E-state index contributed by atoms with van der Waals surface area (Å²) in [7, 11) is 6.18. The summed E-state index contributed by atoms with van der Waals surface area (Å²) in [6.45, 7) is 0. The van der Waals surface area contributed by atoms with Crippen LogP contribution >= 0.6 is 0 Å². The topological polar surface area (TPSA) is 54.0 Å². The summed E-state index contributed by atoms with van der Waals surface area (Å²) >= 11 is 0. The summed E-state index contributed by atoms with van der Waals surface area (Å²) in [6.07, 6.45) is 1.59. The van der Waals surface area contributed by atoms with Crippen molar-refractivity contribution in [1.82, 2.24) is 0 Å². The van der Waals surface area contributed by atoms with Crippen LogP contribution in [-0.4, -0.2) is 34.4 Å². The lowest BCUT2D eigenvalue weighted by Gasteiger charge is -2.15. The second-order valence-electron chi connectivity index (χ2n) is 5.18. The zero-order valence-corrected chi connectivity index (χ0v) is 14.4. The highest BCUT2D eigenvalue weighted by Gasteiger charge is 2.15. The van der Waals surface area contributed by atoms with E-state index in [1.54, 1.807) is 33.5 Å². The van der Waals surface area contributed by atoms with Crippen LogP contribution in [0.1, 0.15) is 21.5 Å². The summed E-state index contributed by atoms with van der Waals surface area (Å²) in [5, 5.41) is 0. The largest absolute Gasteiger partial charge is 0.493 e. The van der Waals surface area contributed by atoms with Crippen molar-refractivity contribution in [3.8, 4) is 17.2 Å². The van der Waals surface area contributed by atoms with Gasteiger partial charge in [-0.2, -0.15) is 0 Å². The van der Waals surface area contributed by atoms with E-state index in [2.05, 4.69) is 0 Å². The molecule has 0 aliphatic heterocycles. The van der Waals surface area contributed by atoms with Crippen LogP contribution in [0.2, 0.25) is 0 Å². The minimum absolute atomic E-state index is 0.330. The molecule has 5 heteroatoms. The smallest absolute Gasteiger partial charge is 0.337 e. The van der Waals surface area contributed by atoms with E-state index in [1.165, 1.54) is 7.11 Å². The normalized spacial score (nSPS) is 10.2. The van der Waals surface area contributed by atoms with Crippen molar-refractivity contribution >= 4 is 5.97 Å². The third-order valence-corrected chi connectivity index (χ3v) is 3.84. The van der Waals surface area contributed by atoms with Gasteiger partial charge in [0.2, 0.25) is 5.75 Å². The first-order chi connectivity index (χ1) is 11.6. The molecule has 0 spiro atoms. The molecule has 2 aromatic rings. The van der Waals surface area contributed by atoms with E-state index in [0.717, 1.165) is 24.0 Å². The van der Waals surface area contributed by atoms with Gasteiger partial charge in [0.1, 0.15) is 0 Å². The molecule has 0 saturated carbocycles. The first-order valence-electron chi connectivity index (χ1n) is 7.59. The molecular weight excluding hydrogens is 308 g/mol. The molecule has 24 heavy (non-hydrogen) atoms. The highest BCUT2D eigenvalue weighted by Crippen LogP contribution is 2.40. The second kappa shape index (κ2) is 8.24. The molecule has 0 aliphatic rings. The number of esters is 1. The van der Waals surface area contributed by atoms with Crippen molar-refractivity contribution in [1.29, 1.82) is 0 Å². The molecule has 0 unspecified atom stereocenters. The van der Waals surface area contributed by atoms with Crippen LogP contribution in [0.25, 0.3) is 0 Å². The molecule has 0 saturated heterocycles. The fourth-order valence-electron chi connectivity index (χ4n) is 2.56. The highest BCUT2D eigenvalue weighted by atomic mass is 16.5. The Kier molecular flexibility index (Phi) is 6.07. The Morgan fingerprint density at radius 3 is 2.00 bits per heavy atom. The van der Waals surface area contributed by atoms with Gasteiger partial charge in [-0.05, 0) is 42.2 Å². The van der Waals surface area contributed by atoms with Crippen LogP contribution in [0.15, 0.2) is 36.4 Å². The lowest BCUT2D eigenvalue weighted by molar-refractivity contribution is 0.0600. The van der Waals surface area contributed by atoms with Gasteiger partial charge in [0, 0.05) is 0 Å². The minimum Gasteiger partial charge on any atom is -0.493 e. The van der Waals surface area contributed by atoms with Crippen molar-refractivity contribution in [2.45, 2.75) is 12.8 Å². The molecule has 2 rings (SSSR count). The number of ether oxygens (including phenoxy) is 4. The molecular formula is C19H22O5. The van der Waals surface area contributed by atoms with Gasteiger partial charge >= 0.3 is 5.97 Å². The van der Waals surface area contributed by atoms with Crippen molar-refractivity contribution in [2.24, 2.45) is 0 Å². The molecule has 0 radical (unpaired) electrons. The Balaban J connectivity index is 2.15. The molecule has 0 aromatic heterocycles. The number of hydrogen-bond acceptors (Lipinski definition) is 5. The Labute approximate surface area is 142 Å². The average Bonchev–Trinajstić information content (AvgIpc) is 2.64. The van der Waals surface area contributed by atoms with E-state index in [4.69, 9.17) is 18.9 Å². The Morgan fingerprint density at radius 2 is 1.46 bits per heavy atom. The summed E-state index contributed by atoms with van der Waals surface area (Å²) in [5.74, 6) is 1.59. The van der Waals surface area contributed by atoms with Gasteiger partial charge in [0.25, 0.3) is 0 Å². The molecule has 2 aromatic carbocycles. The summed E-state index contributed by atoms with van der Waals surface area (Å²) in [4.78, 5) is 11.5. The van der Waals surface area contributed by atoms with Crippen LogP contribution in [-0.2, 0) is 17.6 Å². The molecule has 5 nitrogen and oxygen atoms in total. The van der Waals surface area contributed by atoms with E-state index in [1.807, 2.05) is 24.3 Å². The summed E-state index contributed by atoms with van der Waals surface area (Å²) in [5.41, 5.74) is 2.71. The maximum absolute atomic E-state index is 11.5. The van der Waals surface area contributed by atoms with Crippen molar-refractivity contribution in [3.63, 3.8) is 0 Å². The molecule has 0 bridgehead atoms. The van der Waals surface area contributed by atoms with Crippen LogP contribution in [0.4, 0.5) is 0 Å². The predicted molar refractivity (Wildman–Crippen MR) is 91.3 cm³/mol. The van der Waals surface area contributed by atoms with Crippen LogP contribution in [0.3, 0.4) is 0 Å². The van der Waals surface area contributed by atoms with E-state index in [9.17, 15) is 4.79 Å². The zero-order chi connectivity index (χ0) is 17.5. The van der Waals surface area contributed by atoms with Crippen LogP contribution < -0.4 is 14.2 Å². The van der Waals surface area contributed by atoms with Crippen LogP contribution in [0, 0.1) is 0 Å². The first kappa shape index (κ1) is 17.7. The number of carbonyl (C=O) groups excluding carboxylic acids is 1. The summed E-state index contributed by atoms with van der Waals surface area (Å²) in [6, 6.07) is 11.2. The molecule has 128 valence electrons. The number of carbonyl (C=O) groups is 1. The van der Waals surface area contributed by atoms with E-state index in [-0.39, 0.29) is 5.97 Å². The first-order valence-corrected chi connectivity index (χ1v) is 7.59. The standard InChI is InChI=1S/C19H22O5/c1-21-16-12-11-14(17(22-2)18(16)23-3)8-5-13-6-9-15(10-7-13)19(20)24-4/h6-7,9-12H,5,8H2,1-4H3. The maximum Gasteiger partial charge on any atom is 0.337 e. The fraction of sp³-hybridized carbons (Fsp3) is 0.316. The van der Waals surface area contributed by atoms with Gasteiger partial charge in [-0.1, -0.05) is 18.2 Å². The van der Waals surface area contributed by atoms with Gasteiger partial charge < -0.3 is 18.9 Å². The SMILES string of the molecule is COC(=O)c1ccc(CCc2ccc(OC)c(OC)c2OC)cc1. The maximum atomic E-state index is 11.5. The number of rotatable bonds is 7. The average molecular weight is 330 g/mol. The monoisotopic (exact) mass is 330 g/mol. The van der Waals surface area contributed by atoms with Gasteiger partial charge in [0.05, 0.1) is 34.0 Å². The molecule has 0 aliphatic carbocycles. The Morgan fingerprint density at radius 1 is 0.792 bits per heavy atom. The third-order valence-electron chi connectivity index (χ3n) is 3.84. The molecule has 0 amide bonds. The quantitative estimate of drug-likeness (QED) is 0.729. The lowest BCUT2D eigenvalue weighted by atomic mass is 10.0. The Hall–Kier alpha value is -2.69. The molecule has 0 N–H and O–H groups in total. The van der Waals surface area contributed by atoms with E-state index < -0.39 is 0 Å². The number of benzene rings is 2. The minimum atomic E-state index is -0.330. The Bertz CT molecular complexity index is 692. The summed E-state index contributed by atoms with van der Waals surface area (Å²) < 4.78 is 20.9. The van der Waals surface area contributed by atoms with Crippen molar-refractivity contribution < 1.29 is 23.7 Å². The number of methoxy groups -OCH3 is 4. The van der Waals surface area contributed by atoms with Gasteiger partial charge in [-0.15, -0.1) is 0 Å². The van der Waals surface area contributed by atoms with Crippen molar-refractivity contribution in [3.05, 3.63) is 53.1 Å². The highest BCUT2D eigenvalue weighted by molar-refractivity contribution is 5.89.